The molecule has 0 N–H and O–H groups in total. The van der Waals surface area contributed by atoms with Crippen LogP contribution in [0.15, 0.2) is 0 Å². The molecule has 36 heavy (non-hydrogen) atoms. The highest BCUT2D eigenvalue weighted by molar-refractivity contribution is 7.87. The van der Waals surface area contributed by atoms with E-state index in [9.17, 15) is 101 Å². The van der Waals surface area contributed by atoms with Gasteiger partial charge in [0, 0.05) is 0 Å². The summed E-state index contributed by atoms with van der Waals surface area (Å²) in [6, 6.07) is -16.1. The first-order chi connectivity index (χ1) is 15.1. The number of halogens is 21. The van der Waals surface area contributed by atoms with Crippen molar-refractivity contribution >= 4 is 10.1 Å². The third kappa shape index (κ3) is 5.33. The predicted octanol–water partition coefficient (Wildman–Crippen LogP) is 5.96. The second-order valence-corrected chi connectivity index (χ2v) is 7.62. The SMILES string of the molecule is O=S(=O)(OCC(F)(F)C(F)(F)N(C(F)(F)F)C(F)(F)C(F)(F)F)C(F)(F)C(F)(F)C(F)(F)C(F)(F)F. The molecule has 0 heterocycles. The molecule has 0 aliphatic carbocycles. The minimum absolute atomic E-state index is 1.99. The van der Waals surface area contributed by atoms with Gasteiger partial charge in [-0.15, -0.1) is 0 Å². The van der Waals surface area contributed by atoms with E-state index in [1.54, 1.807) is 0 Å². The Morgan fingerprint density at radius 1 is 0.528 bits per heavy atom. The highest BCUT2D eigenvalue weighted by Crippen LogP contribution is 2.56. The lowest BCUT2D eigenvalue weighted by Gasteiger charge is -2.40. The molecule has 26 heteroatoms. The molecule has 218 valence electrons. The summed E-state index contributed by atoms with van der Waals surface area (Å²) in [4.78, 5) is -4.58. The summed E-state index contributed by atoms with van der Waals surface area (Å²) < 4.78 is 290. The van der Waals surface area contributed by atoms with Gasteiger partial charge in [-0.25, -0.2) is 0 Å². The lowest BCUT2D eigenvalue weighted by atomic mass is 10.1. The van der Waals surface area contributed by atoms with E-state index in [1.807, 2.05) is 4.18 Å². The zero-order valence-corrected chi connectivity index (χ0v) is 16.0. The minimum atomic E-state index is -8.47. The van der Waals surface area contributed by atoms with Crippen LogP contribution in [0, 0.1) is 0 Å². The smallest absolute Gasteiger partial charge is 0.259 e. The molecule has 0 bridgehead atoms. The van der Waals surface area contributed by atoms with Gasteiger partial charge in [-0.1, -0.05) is 4.90 Å². The van der Waals surface area contributed by atoms with E-state index >= 15 is 0 Å². The van der Waals surface area contributed by atoms with Crippen molar-refractivity contribution in [2.75, 3.05) is 6.61 Å². The maximum absolute atomic E-state index is 13.4. The molecule has 0 aromatic carbocycles. The van der Waals surface area contributed by atoms with Gasteiger partial charge < -0.3 is 0 Å². The molecule has 0 aromatic rings. The van der Waals surface area contributed by atoms with Crippen molar-refractivity contribution in [3.63, 3.8) is 0 Å². The molecule has 0 aliphatic heterocycles. The van der Waals surface area contributed by atoms with Crippen molar-refractivity contribution < 1.29 is 105 Å². The molecule has 0 radical (unpaired) electrons. The van der Waals surface area contributed by atoms with Gasteiger partial charge >= 0.3 is 63.9 Å². The van der Waals surface area contributed by atoms with E-state index in [0.29, 0.717) is 0 Å². The molecule has 4 nitrogen and oxygen atoms in total. The highest BCUT2D eigenvalue weighted by Gasteiger charge is 2.86. The standard InChI is InChI=1S/C10H2F21NO3S/c11-2(12,7(23,24)32(10(29,30)31)8(25,26)6(20,21)22)1-35-36(33,34)9(27,28)4(15,16)3(13,14)5(17,18)19/h1H2. The zero-order chi connectivity index (χ0) is 30.0. The average molecular weight is 615 g/mol. The number of rotatable bonds is 9. The summed E-state index contributed by atoms with van der Waals surface area (Å²) in [5, 5.41) is -8.02. The topological polar surface area (TPSA) is 46.6 Å². The molecule has 0 amide bonds. The van der Waals surface area contributed by atoms with E-state index < -0.39 is 75.4 Å². The molecule has 0 fully saturated rings. The first kappa shape index (κ1) is 34.4. The molecule has 0 unspecified atom stereocenters. The molecule has 0 atom stereocenters. The van der Waals surface area contributed by atoms with Crippen LogP contribution in [-0.4, -0.2) is 73.7 Å². The van der Waals surface area contributed by atoms with Crippen LogP contribution in [0.3, 0.4) is 0 Å². The summed E-state index contributed by atoms with van der Waals surface area (Å²) in [6.45, 7) is -4.51. The summed E-state index contributed by atoms with van der Waals surface area (Å²) in [6.07, 6.45) is -23.3. The molecule has 0 aromatic heterocycles. The van der Waals surface area contributed by atoms with Crippen molar-refractivity contribution in [1.29, 1.82) is 0 Å². The van der Waals surface area contributed by atoms with Crippen molar-refractivity contribution in [3.05, 3.63) is 0 Å². The van der Waals surface area contributed by atoms with Gasteiger partial charge in [-0.05, 0) is 0 Å². The molecule has 0 saturated heterocycles. The highest BCUT2D eigenvalue weighted by atomic mass is 32.2. The van der Waals surface area contributed by atoms with Crippen LogP contribution in [0.1, 0.15) is 0 Å². The van der Waals surface area contributed by atoms with Crippen LogP contribution in [0.4, 0.5) is 92.2 Å². The van der Waals surface area contributed by atoms with Crippen LogP contribution in [-0.2, 0) is 14.3 Å². The third-order valence-corrected chi connectivity index (χ3v) is 4.73. The molecular weight excluding hydrogens is 613 g/mol. The predicted molar refractivity (Wildman–Crippen MR) is 64.6 cm³/mol. The maximum Gasteiger partial charge on any atom is 0.469 e. The Morgan fingerprint density at radius 2 is 0.889 bits per heavy atom. The average Bonchev–Trinajstić information content (AvgIpc) is 2.55. The van der Waals surface area contributed by atoms with Crippen LogP contribution < -0.4 is 0 Å². The number of nitrogens with zero attached hydrogens (tertiary/aromatic N) is 1. The summed E-state index contributed by atoms with van der Waals surface area (Å²) in [5.74, 6) is -23.8. The second-order valence-electron chi connectivity index (χ2n) is 5.97. The third-order valence-electron chi connectivity index (χ3n) is 3.42. The second kappa shape index (κ2) is 8.72. The molecule has 0 spiro atoms. The molecule has 0 aliphatic rings. The lowest BCUT2D eigenvalue weighted by Crippen LogP contribution is -2.70. The largest absolute Gasteiger partial charge is 0.469 e. The van der Waals surface area contributed by atoms with E-state index in [1.165, 1.54) is 0 Å². The Balaban J connectivity index is 6.51. The minimum Gasteiger partial charge on any atom is -0.259 e. The molecular formula is C10H2F21NO3S. The Hall–Kier alpha value is -1.60. The Morgan fingerprint density at radius 3 is 1.17 bits per heavy atom. The lowest BCUT2D eigenvalue weighted by molar-refractivity contribution is -0.485. The van der Waals surface area contributed by atoms with Crippen LogP contribution in [0.2, 0.25) is 0 Å². The van der Waals surface area contributed by atoms with Gasteiger partial charge in [0.15, 0.2) is 0 Å². The Kier molecular flexibility index (Phi) is 8.34. The quantitative estimate of drug-likeness (QED) is 0.183. The van der Waals surface area contributed by atoms with Gasteiger partial charge in [0.25, 0.3) is 0 Å². The Labute approximate surface area is 181 Å². The van der Waals surface area contributed by atoms with Crippen molar-refractivity contribution in [2.45, 2.75) is 53.8 Å². The Bertz CT molecular complexity index is 896. The summed E-state index contributed by atoms with van der Waals surface area (Å²) in [7, 11) is -8.47. The van der Waals surface area contributed by atoms with E-state index in [4.69, 9.17) is 0 Å². The normalized spacial score (nSPS) is 16.6. The van der Waals surface area contributed by atoms with Crippen LogP contribution >= 0.6 is 0 Å². The van der Waals surface area contributed by atoms with Gasteiger partial charge in [0.05, 0.1) is 0 Å². The van der Waals surface area contributed by atoms with E-state index in [2.05, 4.69) is 0 Å². The van der Waals surface area contributed by atoms with E-state index in [-0.39, 0.29) is 0 Å². The maximum atomic E-state index is 13.4. The fourth-order valence-electron chi connectivity index (χ4n) is 1.62. The summed E-state index contributed by atoms with van der Waals surface area (Å²) in [5.41, 5.74) is 0. The number of hydrogen-bond donors (Lipinski definition) is 0. The van der Waals surface area contributed by atoms with Crippen molar-refractivity contribution in [2.24, 2.45) is 0 Å². The monoisotopic (exact) mass is 615 g/mol. The van der Waals surface area contributed by atoms with Gasteiger partial charge in [-0.3, -0.25) is 4.18 Å². The van der Waals surface area contributed by atoms with Gasteiger partial charge in [0.1, 0.15) is 6.61 Å². The number of alkyl halides is 21. The van der Waals surface area contributed by atoms with Crippen LogP contribution in [0.25, 0.3) is 0 Å². The van der Waals surface area contributed by atoms with Crippen molar-refractivity contribution in [3.8, 4) is 0 Å². The van der Waals surface area contributed by atoms with E-state index in [0.717, 1.165) is 0 Å². The fraction of sp³-hybridized carbons (Fsp3) is 1.00. The first-order valence-corrected chi connectivity index (χ1v) is 8.64. The molecule has 0 rings (SSSR count). The first-order valence-electron chi connectivity index (χ1n) is 7.24. The van der Waals surface area contributed by atoms with Gasteiger partial charge in [-0.2, -0.15) is 101 Å². The van der Waals surface area contributed by atoms with Gasteiger partial charge in [0.2, 0.25) is 0 Å². The number of hydrogen-bond acceptors (Lipinski definition) is 4. The van der Waals surface area contributed by atoms with Crippen molar-refractivity contribution in [1.82, 2.24) is 4.90 Å². The summed E-state index contributed by atoms with van der Waals surface area (Å²) >= 11 is 0. The molecule has 0 saturated carbocycles. The van der Waals surface area contributed by atoms with Crippen LogP contribution in [0.5, 0.6) is 0 Å². The zero-order valence-electron chi connectivity index (χ0n) is 15.2. The fourth-order valence-corrected chi connectivity index (χ4v) is 2.51.